The van der Waals surface area contributed by atoms with Gasteiger partial charge in [-0.15, -0.1) is 0 Å². The number of carbonyl (C=O) groups is 3. The van der Waals surface area contributed by atoms with Crippen molar-refractivity contribution in [1.29, 1.82) is 5.26 Å². The summed E-state index contributed by atoms with van der Waals surface area (Å²) in [5.74, 6) is -9.09. The number of fused-ring (bicyclic) bond motifs is 3. The van der Waals surface area contributed by atoms with Crippen LogP contribution in [0.2, 0.25) is 0 Å². The molecule has 2 aromatic carbocycles. The smallest absolute Gasteiger partial charge is 0.255 e. The summed E-state index contributed by atoms with van der Waals surface area (Å²) < 4.78 is 0. The van der Waals surface area contributed by atoms with Gasteiger partial charge in [0.05, 0.1) is 40.8 Å². The third kappa shape index (κ3) is 3.51. The maximum atomic E-state index is 14.1. The molecule has 0 unspecified atom stereocenters. The number of aliphatic hydroxyl groups is 4. The number of rotatable bonds is 3. The molecule has 0 aromatic heterocycles. The number of nitrogens with zero attached hydrogens (tertiary/aromatic N) is 2. The number of nitrogens with two attached hydrogens (primary N) is 1. The van der Waals surface area contributed by atoms with E-state index in [1.54, 1.807) is 36.4 Å². The number of primary amides is 1. The molecular formula is C29H25N3O8. The Labute approximate surface area is 228 Å². The summed E-state index contributed by atoms with van der Waals surface area (Å²) in [6.07, 6.45) is -0.176. The molecule has 7 N–H and O–H groups in total. The summed E-state index contributed by atoms with van der Waals surface area (Å²) in [5, 5.41) is 65.8. The third-order valence-electron chi connectivity index (χ3n) is 7.89. The molecule has 3 aliphatic carbocycles. The molecule has 0 aliphatic heterocycles. The molecule has 0 radical (unpaired) electrons. The third-order valence-corrected chi connectivity index (χ3v) is 7.89. The number of Topliss-reactive ketones (excluding diaryl/α,β-unsaturated/α-hetero) is 2. The van der Waals surface area contributed by atoms with E-state index in [1.807, 2.05) is 6.07 Å². The topological polar surface area (TPSA) is 205 Å². The summed E-state index contributed by atoms with van der Waals surface area (Å²) in [4.78, 5) is 40.9. The summed E-state index contributed by atoms with van der Waals surface area (Å²) in [6.45, 7) is 0. The van der Waals surface area contributed by atoms with Crippen molar-refractivity contribution in [2.24, 2.45) is 17.6 Å². The monoisotopic (exact) mass is 543 g/mol. The minimum absolute atomic E-state index is 0.147. The minimum Gasteiger partial charge on any atom is -0.508 e. The summed E-state index contributed by atoms with van der Waals surface area (Å²) in [5.41, 5.74) is 2.15. The Morgan fingerprint density at radius 3 is 2.33 bits per heavy atom. The Kier molecular flexibility index (Phi) is 6.15. The van der Waals surface area contributed by atoms with Crippen LogP contribution in [0.3, 0.4) is 0 Å². The van der Waals surface area contributed by atoms with Crippen molar-refractivity contribution in [2.75, 3.05) is 14.1 Å². The van der Waals surface area contributed by atoms with Gasteiger partial charge >= 0.3 is 0 Å². The lowest BCUT2D eigenvalue weighted by Crippen LogP contribution is -2.70. The van der Waals surface area contributed by atoms with Crippen LogP contribution in [-0.4, -0.2) is 79.7 Å². The predicted octanol–water partition coefficient (Wildman–Crippen LogP) is 0.805. The summed E-state index contributed by atoms with van der Waals surface area (Å²) in [7, 11) is 2.87. The van der Waals surface area contributed by atoms with Crippen molar-refractivity contribution in [3.63, 3.8) is 0 Å². The Bertz CT molecular complexity index is 1630. The van der Waals surface area contributed by atoms with Gasteiger partial charge < -0.3 is 31.3 Å². The first-order valence-electron chi connectivity index (χ1n) is 12.2. The molecule has 1 amide bonds. The number of benzene rings is 2. The molecule has 40 heavy (non-hydrogen) atoms. The zero-order valence-electron chi connectivity index (χ0n) is 21.4. The largest absolute Gasteiger partial charge is 0.508 e. The maximum absolute atomic E-state index is 14.1. The predicted molar refractivity (Wildman–Crippen MR) is 141 cm³/mol. The number of aromatic hydroxyl groups is 1. The van der Waals surface area contributed by atoms with Gasteiger partial charge in [-0.25, -0.2) is 0 Å². The van der Waals surface area contributed by atoms with Crippen molar-refractivity contribution in [2.45, 2.75) is 17.7 Å². The highest BCUT2D eigenvalue weighted by atomic mass is 16.4. The molecule has 1 saturated carbocycles. The molecule has 0 saturated heterocycles. The lowest BCUT2D eigenvalue weighted by atomic mass is 9.55. The standard InChI is InChI=1S/C29H25N3O8/c1-32(2)22-21-24(35)18-15(10-12-6-8-13(11-30)9-7-12)14-4-3-5-16(33)17(14)23(34)19(18)26(37)29(21,40)27(38)20(25(22)36)28(31)39/h3-10,18,21-22,24,33-35,38,40H,1-2H3,(H2,31,39)/b15-10+/t18-,21-,22+,24+,29+/m1/s1. The molecule has 204 valence electrons. The van der Waals surface area contributed by atoms with Crippen LogP contribution in [0.15, 0.2) is 59.4 Å². The second-order valence-corrected chi connectivity index (χ2v) is 10.2. The van der Waals surface area contributed by atoms with E-state index in [2.05, 4.69) is 0 Å². The number of nitriles is 1. The zero-order chi connectivity index (χ0) is 29.3. The summed E-state index contributed by atoms with van der Waals surface area (Å²) in [6, 6.07) is 11.3. The number of hydrogen-bond acceptors (Lipinski definition) is 10. The Morgan fingerprint density at radius 2 is 1.75 bits per heavy atom. The molecule has 11 heteroatoms. The first-order chi connectivity index (χ1) is 18.9. The van der Waals surface area contributed by atoms with Crippen molar-refractivity contribution in [3.05, 3.63) is 81.6 Å². The number of phenolic OH excluding ortho intramolecular Hbond substituents is 1. The molecule has 5 rings (SSSR count). The zero-order valence-corrected chi connectivity index (χ0v) is 21.4. The molecule has 0 bridgehead atoms. The van der Waals surface area contributed by atoms with Gasteiger partial charge in [-0.05, 0) is 49.0 Å². The highest BCUT2D eigenvalue weighted by Crippen LogP contribution is 2.56. The van der Waals surface area contributed by atoms with E-state index < -0.39 is 75.5 Å². The van der Waals surface area contributed by atoms with Crippen LogP contribution in [0.4, 0.5) is 0 Å². The van der Waals surface area contributed by atoms with Gasteiger partial charge in [-0.3, -0.25) is 19.3 Å². The SMILES string of the molecule is CN(C)[C@@H]1C(=O)C(C(N)=O)=C(O)[C@@]2(O)C(=O)C3=C(O)c4c(O)cccc4/C(=C\c4ccc(C#N)cc4)[C@H]3[C@H](O)[C@@H]12. The van der Waals surface area contributed by atoms with Crippen molar-refractivity contribution in [3.8, 4) is 11.8 Å². The molecule has 0 heterocycles. The fraction of sp³-hybridized carbons (Fsp3) is 0.241. The molecule has 3 aliphatic rings. The van der Waals surface area contributed by atoms with Gasteiger partial charge in [-0.1, -0.05) is 30.3 Å². The van der Waals surface area contributed by atoms with Crippen LogP contribution in [0, 0.1) is 23.2 Å². The number of amides is 1. The number of likely N-dealkylation sites (N-methyl/N-ethyl adjacent to an activating group) is 1. The number of carbonyl (C=O) groups excluding carboxylic acids is 3. The second kappa shape index (κ2) is 9.17. The average molecular weight is 544 g/mol. The fourth-order valence-electron chi connectivity index (χ4n) is 6.14. The number of ketones is 2. The van der Waals surface area contributed by atoms with Crippen molar-refractivity contribution < 1.29 is 39.9 Å². The normalized spacial score (nSPS) is 28.8. The van der Waals surface area contributed by atoms with E-state index in [0.717, 1.165) is 0 Å². The number of phenols is 1. The van der Waals surface area contributed by atoms with Gasteiger partial charge in [0.15, 0.2) is 11.4 Å². The molecular weight excluding hydrogens is 518 g/mol. The minimum atomic E-state index is -3.01. The molecule has 2 aromatic rings. The average Bonchev–Trinajstić information content (AvgIpc) is 2.90. The van der Waals surface area contributed by atoms with E-state index >= 15 is 0 Å². The van der Waals surface area contributed by atoms with Gasteiger partial charge in [0, 0.05) is 5.92 Å². The highest BCUT2D eigenvalue weighted by molar-refractivity contribution is 6.25. The lowest BCUT2D eigenvalue weighted by Gasteiger charge is -2.53. The Morgan fingerprint density at radius 1 is 1.10 bits per heavy atom. The van der Waals surface area contributed by atoms with E-state index in [1.165, 1.54) is 31.1 Å². The van der Waals surface area contributed by atoms with Crippen LogP contribution in [0.1, 0.15) is 22.3 Å². The van der Waals surface area contributed by atoms with Crippen LogP contribution in [0.5, 0.6) is 5.75 Å². The highest BCUT2D eigenvalue weighted by Gasteiger charge is 2.68. The summed E-state index contributed by atoms with van der Waals surface area (Å²) >= 11 is 0. The van der Waals surface area contributed by atoms with Gasteiger partial charge in [0.25, 0.3) is 5.91 Å². The van der Waals surface area contributed by atoms with E-state index in [0.29, 0.717) is 11.1 Å². The Hall–Kier alpha value is -4.76. The first kappa shape index (κ1) is 26.8. The van der Waals surface area contributed by atoms with E-state index in [4.69, 9.17) is 11.0 Å². The van der Waals surface area contributed by atoms with Crippen LogP contribution >= 0.6 is 0 Å². The van der Waals surface area contributed by atoms with Crippen molar-refractivity contribution >= 4 is 34.9 Å². The Balaban J connectivity index is 1.84. The second-order valence-electron chi connectivity index (χ2n) is 10.2. The molecule has 0 spiro atoms. The first-order valence-corrected chi connectivity index (χ1v) is 12.2. The molecule has 5 atom stereocenters. The number of aliphatic hydroxyl groups excluding tert-OH is 3. The fourth-order valence-corrected chi connectivity index (χ4v) is 6.14. The lowest BCUT2D eigenvalue weighted by molar-refractivity contribution is -0.166. The maximum Gasteiger partial charge on any atom is 0.255 e. The van der Waals surface area contributed by atoms with Crippen LogP contribution in [0.25, 0.3) is 17.4 Å². The van der Waals surface area contributed by atoms with Gasteiger partial charge in [0.1, 0.15) is 22.8 Å². The van der Waals surface area contributed by atoms with Crippen LogP contribution < -0.4 is 5.73 Å². The van der Waals surface area contributed by atoms with E-state index in [-0.39, 0.29) is 16.7 Å². The number of hydrogen-bond donors (Lipinski definition) is 6. The molecule has 1 fully saturated rings. The van der Waals surface area contributed by atoms with Gasteiger partial charge in [0.2, 0.25) is 5.78 Å². The van der Waals surface area contributed by atoms with E-state index in [9.17, 15) is 39.9 Å². The quantitative estimate of drug-likeness (QED) is 0.300. The molecule has 11 nitrogen and oxygen atoms in total. The van der Waals surface area contributed by atoms with Crippen LogP contribution in [-0.2, 0) is 14.4 Å². The van der Waals surface area contributed by atoms with Gasteiger partial charge in [-0.2, -0.15) is 5.26 Å². The van der Waals surface area contributed by atoms with Crippen molar-refractivity contribution in [1.82, 2.24) is 4.90 Å².